The molecular weight excluding hydrogens is 356 g/mol. The zero-order chi connectivity index (χ0) is 18.6. The maximum absolute atomic E-state index is 13.6. The second kappa shape index (κ2) is 5.72. The number of benzene rings is 3. The fourth-order valence-corrected chi connectivity index (χ4v) is 5.18. The van der Waals surface area contributed by atoms with Gasteiger partial charge < -0.3 is 5.32 Å². The van der Waals surface area contributed by atoms with Crippen LogP contribution in [0.25, 0.3) is 0 Å². The van der Waals surface area contributed by atoms with Crippen LogP contribution in [-0.4, -0.2) is 11.8 Å². The Morgan fingerprint density at radius 3 is 2.41 bits per heavy atom. The number of para-hydroxylation sites is 1. The minimum atomic E-state index is -1.16. The zero-order valence-corrected chi connectivity index (χ0v) is 15.4. The molecule has 2 heterocycles. The number of nitrogens with one attached hydrogen (secondary N) is 1. The molecule has 0 aromatic heterocycles. The van der Waals surface area contributed by atoms with Crippen molar-refractivity contribution in [3.05, 3.63) is 89.5 Å². The normalized spacial score (nSPS) is 20.4. The Bertz CT molecular complexity index is 1090. The number of anilines is 2. The van der Waals surface area contributed by atoms with Crippen LogP contribution in [0.2, 0.25) is 0 Å². The summed E-state index contributed by atoms with van der Waals surface area (Å²) in [5, 5.41) is 2.97. The van der Waals surface area contributed by atoms with E-state index in [-0.39, 0.29) is 11.8 Å². The number of hydrogen-bond acceptors (Lipinski definition) is 3. The maximum Gasteiger partial charge on any atom is 0.266 e. The van der Waals surface area contributed by atoms with Crippen molar-refractivity contribution in [1.29, 1.82) is 0 Å². The molecule has 1 atom stereocenters. The average Bonchev–Trinajstić information content (AvgIpc) is 2.95. The van der Waals surface area contributed by atoms with E-state index in [2.05, 4.69) is 5.32 Å². The van der Waals surface area contributed by atoms with Crippen LogP contribution in [0.3, 0.4) is 0 Å². The predicted molar refractivity (Wildman–Crippen MR) is 107 cm³/mol. The molecule has 4 nitrogen and oxygen atoms in total. The molecule has 1 spiro atoms. The monoisotopic (exact) mass is 372 g/mol. The van der Waals surface area contributed by atoms with Gasteiger partial charge in [0, 0.05) is 21.8 Å². The predicted octanol–water partition coefficient (Wildman–Crippen LogP) is 4.55. The van der Waals surface area contributed by atoms with E-state index in [9.17, 15) is 9.59 Å². The van der Waals surface area contributed by atoms with Gasteiger partial charge in [-0.25, -0.2) is 0 Å². The Labute approximate surface area is 161 Å². The molecule has 5 rings (SSSR count). The summed E-state index contributed by atoms with van der Waals surface area (Å²) in [4.78, 5) is 28.1. The lowest BCUT2D eigenvalue weighted by atomic mass is 10.0. The first-order valence-electron chi connectivity index (χ1n) is 8.71. The minimum Gasteiger partial charge on any atom is -0.323 e. The Morgan fingerprint density at radius 1 is 0.889 bits per heavy atom. The summed E-state index contributed by atoms with van der Waals surface area (Å²) in [6.45, 7) is 2.00. The van der Waals surface area contributed by atoms with Gasteiger partial charge in [-0.1, -0.05) is 59.8 Å². The van der Waals surface area contributed by atoms with Crippen LogP contribution >= 0.6 is 11.8 Å². The highest BCUT2D eigenvalue weighted by molar-refractivity contribution is 8.01. The first-order chi connectivity index (χ1) is 13.1. The van der Waals surface area contributed by atoms with E-state index in [1.165, 1.54) is 11.8 Å². The van der Waals surface area contributed by atoms with Gasteiger partial charge in [-0.2, -0.15) is 0 Å². The van der Waals surface area contributed by atoms with E-state index in [4.69, 9.17) is 0 Å². The molecule has 3 aromatic carbocycles. The molecule has 0 aliphatic carbocycles. The summed E-state index contributed by atoms with van der Waals surface area (Å²) in [5.41, 5.74) is 3.98. The van der Waals surface area contributed by atoms with Crippen molar-refractivity contribution in [3.63, 3.8) is 0 Å². The molecular formula is C22H16N2O2S. The number of aryl methyl sites for hydroxylation is 1. The van der Waals surface area contributed by atoms with E-state index in [1.54, 1.807) is 4.90 Å². The Kier molecular flexibility index (Phi) is 3.42. The summed E-state index contributed by atoms with van der Waals surface area (Å²) in [6.07, 6.45) is 0. The van der Waals surface area contributed by atoms with Crippen molar-refractivity contribution in [3.8, 4) is 0 Å². The van der Waals surface area contributed by atoms with Crippen molar-refractivity contribution in [1.82, 2.24) is 0 Å². The molecule has 3 aromatic rings. The summed E-state index contributed by atoms with van der Waals surface area (Å²) in [5.74, 6) is -0.364. The second-order valence-corrected chi connectivity index (χ2v) is 7.95. The molecule has 1 N–H and O–H groups in total. The average molecular weight is 372 g/mol. The maximum atomic E-state index is 13.6. The molecule has 0 saturated heterocycles. The Hall–Kier alpha value is -3.05. The van der Waals surface area contributed by atoms with Crippen LogP contribution in [0.15, 0.2) is 77.7 Å². The SMILES string of the molecule is Cc1ccc(N2C(=O)c3ccccc3SC23C(=O)Nc2ccccc23)cc1. The van der Waals surface area contributed by atoms with Gasteiger partial charge in [0.1, 0.15) is 0 Å². The van der Waals surface area contributed by atoms with Gasteiger partial charge in [-0.15, -0.1) is 0 Å². The number of nitrogens with zero attached hydrogens (tertiary/aromatic N) is 1. The second-order valence-electron chi connectivity index (χ2n) is 6.72. The van der Waals surface area contributed by atoms with E-state index in [1.807, 2.05) is 79.7 Å². The van der Waals surface area contributed by atoms with Crippen molar-refractivity contribution in [2.45, 2.75) is 16.7 Å². The van der Waals surface area contributed by atoms with E-state index in [0.29, 0.717) is 11.3 Å². The molecule has 27 heavy (non-hydrogen) atoms. The quantitative estimate of drug-likeness (QED) is 0.682. The number of carbonyl (C=O) groups excluding carboxylic acids is 2. The van der Waals surface area contributed by atoms with Gasteiger partial charge in [-0.05, 0) is 37.3 Å². The number of thioether (sulfide) groups is 1. The van der Waals surface area contributed by atoms with E-state index >= 15 is 0 Å². The standard InChI is InChI=1S/C22H16N2O2S/c1-14-10-12-15(13-11-14)24-20(25)16-6-2-5-9-19(16)27-22(24)17-7-3-4-8-18(17)23-21(22)26/h2-13H,1H3,(H,23,26). The highest BCUT2D eigenvalue weighted by Gasteiger charge is 2.57. The van der Waals surface area contributed by atoms with Crippen LogP contribution in [0.5, 0.6) is 0 Å². The largest absolute Gasteiger partial charge is 0.323 e. The molecule has 2 aliphatic rings. The molecule has 132 valence electrons. The van der Waals surface area contributed by atoms with E-state index in [0.717, 1.165) is 21.7 Å². The lowest BCUT2D eigenvalue weighted by Crippen LogP contribution is -2.54. The first kappa shape index (κ1) is 16.1. The molecule has 2 aliphatic heterocycles. The summed E-state index contributed by atoms with van der Waals surface area (Å²) in [7, 11) is 0. The summed E-state index contributed by atoms with van der Waals surface area (Å²) < 4.78 is 0. The third-order valence-electron chi connectivity index (χ3n) is 5.03. The summed E-state index contributed by atoms with van der Waals surface area (Å²) >= 11 is 1.42. The number of carbonyl (C=O) groups is 2. The molecule has 5 heteroatoms. The van der Waals surface area contributed by atoms with Crippen LogP contribution in [0.1, 0.15) is 21.5 Å². The van der Waals surface area contributed by atoms with Gasteiger partial charge in [0.25, 0.3) is 11.8 Å². The lowest BCUT2D eigenvalue weighted by molar-refractivity contribution is -0.118. The van der Waals surface area contributed by atoms with Crippen molar-refractivity contribution < 1.29 is 9.59 Å². The van der Waals surface area contributed by atoms with Crippen LogP contribution in [-0.2, 0) is 9.67 Å². The molecule has 0 bridgehead atoms. The highest BCUT2D eigenvalue weighted by Crippen LogP contribution is 2.56. The first-order valence-corrected chi connectivity index (χ1v) is 9.53. The van der Waals surface area contributed by atoms with Gasteiger partial charge >= 0.3 is 0 Å². The number of hydrogen-bond donors (Lipinski definition) is 1. The number of amides is 2. The van der Waals surface area contributed by atoms with Gasteiger partial charge in [-0.3, -0.25) is 14.5 Å². The molecule has 0 fully saturated rings. The fraction of sp³-hybridized carbons (Fsp3) is 0.0909. The van der Waals surface area contributed by atoms with Gasteiger partial charge in [0.2, 0.25) is 4.87 Å². The highest BCUT2D eigenvalue weighted by atomic mass is 32.2. The summed E-state index contributed by atoms with van der Waals surface area (Å²) in [6, 6.07) is 22.8. The topological polar surface area (TPSA) is 49.4 Å². The van der Waals surface area contributed by atoms with Gasteiger partial charge in [0.05, 0.1) is 5.56 Å². The Morgan fingerprint density at radius 2 is 1.59 bits per heavy atom. The van der Waals surface area contributed by atoms with E-state index < -0.39 is 4.87 Å². The molecule has 0 saturated carbocycles. The lowest BCUT2D eigenvalue weighted by Gasteiger charge is -2.42. The third kappa shape index (κ3) is 2.18. The van der Waals surface area contributed by atoms with Crippen LogP contribution in [0, 0.1) is 6.92 Å². The van der Waals surface area contributed by atoms with Crippen LogP contribution < -0.4 is 10.2 Å². The van der Waals surface area contributed by atoms with Crippen molar-refractivity contribution in [2.24, 2.45) is 0 Å². The number of fused-ring (bicyclic) bond motifs is 3. The van der Waals surface area contributed by atoms with Gasteiger partial charge in [0.15, 0.2) is 0 Å². The van der Waals surface area contributed by atoms with Crippen molar-refractivity contribution >= 4 is 35.0 Å². The van der Waals surface area contributed by atoms with Crippen molar-refractivity contribution in [2.75, 3.05) is 10.2 Å². The zero-order valence-electron chi connectivity index (χ0n) is 14.6. The third-order valence-corrected chi connectivity index (χ3v) is 6.49. The molecule has 1 unspecified atom stereocenters. The molecule has 0 radical (unpaired) electrons. The van der Waals surface area contributed by atoms with Crippen LogP contribution in [0.4, 0.5) is 11.4 Å². The number of rotatable bonds is 1. The smallest absolute Gasteiger partial charge is 0.266 e. The Balaban J connectivity index is 1.81. The minimum absolute atomic E-state index is 0.167. The fourth-order valence-electron chi connectivity index (χ4n) is 3.73. The molecule has 2 amide bonds.